The zero-order valence-electron chi connectivity index (χ0n) is 11.9. The Labute approximate surface area is 123 Å². The summed E-state index contributed by atoms with van der Waals surface area (Å²) in [5.41, 5.74) is 2.94. The molecule has 3 heteroatoms. The second-order valence-electron chi connectivity index (χ2n) is 4.96. The fourth-order valence-corrected chi connectivity index (χ4v) is 2.90. The van der Waals surface area contributed by atoms with Crippen molar-refractivity contribution >= 4 is 17.5 Å². The second-order valence-corrected chi connectivity index (χ2v) is 6.01. The van der Waals surface area contributed by atoms with Crippen molar-refractivity contribution in [2.75, 3.05) is 5.75 Å². The summed E-state index contributed by atoms with van der Waals surface area (Å²) in [5.74, 6) is -0.327. The van der Waals surface area contributed by atoms with Crippen molar-refractivity contribution in [2.45, 2.75) is 25.7 Å². The summed E-state index contributed by atoms with van der Waals surface area (Å²) in [6, 6.07) is 11.2. The molecular weight excluding hydrogens is 271 g/mol. The SMILES string of the molecule is Cc1ccc(SCC(=O)c2c(C)cc(C)cc2F)cc1. The number of aryl methyl sites for hydroxylation is 3. The quantitative estimate of drug-likeness (QED) is 0.598. The van der Waals surface area contributed by atoms with Crippen molar-refractivity contribution in [3.05, 3.63) is 64.5 Å². The van der Waals surface area contributed by atoms with E-state index < -0.39 is 5.82 Å². The third-order valence-electron chi connectivity index (χ3n) is 3.10. The van der Waals surface area contributed by atoms with Crippen LogP contribution in [0.15, 0.2) is 41.3 Å². The van der Waals surface area contributed by atoms with Gasteiger partial charge in [0.05, 0.1) is 11.3 Å². The first kappa shape index (κ1) is 14.8. The predicted molar refractivity (Wildman–Crippen MR) is 82.1 cm³/mol. The number of thioether (sulfide) groups is 1. The number of Topliss-reactive ketones (excluding diaryl/α,β-unsaturated/α-hetero) is 1. The van der Waals surface area contributed by atoms with Gasteiger partial charge in [-0.25, -0.2) is 4.39 Å². The Bertz CT molecular complexity index is 609. The number of carbonyl (C=O) groups is 1. The van der Waals surface area contributed by atoms with Crippen LogP contribution in [0.3, 0.4) is 0 Å². The van der Waals surface area contributed by atoms with Crippen LogP contribution < -0.4 is 0 Å². The number of rotatable bonds is 4. The highest BCUT2D eigenvalue weighted by molar-refractivity contribution is 8.00. The number of halogens is 1. The fraction of sp³-hybridized carbons (Fsp3) is 0.235. The minimum Gasteiger partial charge on any atom is -0.293 e. The molecule has 0 N–H and O–H groups in total. The van der Waals surface area contributed by atoms with E-state index in [1.54, 1.807) is 6.92 Å². The fourth-order valence-electron chi connectivity index (χ4n) is 2.12. The van der Waals surface area contributed by atoms with Gasteiger partial charge >= 0.3 is 0 Å². The van der Waals surface area contributed by atoms with E-state index in [0.29, 0.717) is 5.56 Å². The molecule has 0 aliphatic heterocycles. The van der Waals surface area contributed by atoms with Crippen molar-refractivity contribution < 1.29 is 9.18 Å². The van der Waals surface area contributed by atoms with Crippen LogP contribution in [-0.2, 0) is 0 Å². The molecule has 2 aromatic rings. The lowest BCUT2D eigenvalue weighted by molar-refractivity contribution is 0.101. The first-order valence-corrected chi connectivity index (χ1v) is 7.45. The molecule has 0 amide bonds. The van der Waals surface area contributed by atoms with Gasteiger partial charge in [0.25, 0.3) is 0 Å². The molecule has 0 saturated heterocycles. The maximum Gasteiger partial charge on any atom is 0.176 e. The Morgan fingerprint density at radius 1 is 1.05 bits per heavy atom. The summed E-state index contributed by atoms with van der Waals surface area (Å²) in [6.45, 7) is 5.62. The highest BCUT2D eigenvalue weighted by Gasteiger charge is 2.15. The average molecular weight is 288 g/mol. The molecule has 2 aromatic carbocycles. The van der Waals surface area contributed by atoms with E-state index >= 15 is 0 Å². The standard InChI is InChI=1S/C17H17FOS/c1-11-4-6-14(7-5-11)20-10-16(19)17-13(3)8-12(2)9-15(17)18/h4-9H,10H2,1-3H3. The van der Waals surface area contributed by atoms with Crippen LogP contribution in [-0.4, -0.2) is 11.5 Å². The predicted octanol–water partition coefficient (Wildman–Crippen LogP) is 4.73. The summed E-state index contributed by atoms with van der Waals surface area (Å²) in [5, 5.41) is 0. The van der Waals surface area contributed by atoms with Gasteiger partial charge in [0.15, 0.2) is 5.78 Å². The number of carbonyl (C=O) groups excluding carboxylic acids is 1. The number of benzene rings is 2. The second kappa shape index (κ2) is 6.23. The Morgan fingerprint density at radius 3 is 2.30 bits per heavy atom. The maximum atomic E-state index is 13.9. The smallest absolute Gasteiger partial charge is 0.176 e. The number of ketones is 1. The Kier molecular flexibility index (Phi) is 4.61. The van der Waals surface area contributed by atoms with Crippen molar-refractivity contribution in [2.24, 2.45) is 0 Å². The largest absolute Gasteiger partial charge is 0.293 e. The molecule has 0 atom stereocenters. The van der Waals surface area contributed by atoms with Crippen LogP contribution in [0.4, 0.5) is 4.39 Å². The molecule has 0 aromatic heterocycles. The number of hydrogen-bond acceptors (Lipinski definition) is 2. The lowest BCUT2D eigenvalue weighted by atomic mass is 10.0. The lowest BCUT2D eigenvalue weighted by Gasteiger charge is -2.08. The Hall–Kier alpha value is -1.61. The van der Waals surface area contributed by atoms with Gasteiger partial charge in [-0.2, -0.15) is 0 Å². The molecule has 0 heterocycles. The van der Waals surface area contributed by atoms with E-state index in [1.165, 1.54) is 23.4 Å². The van der Waals surface area contributed by atoms with Gasteiger partial charge in [0, 0.05) is 4.90 Å². The minimum absolute atomic E-state index is 0.162. The number of hydrogen-bond donors (Lipinski definition) is 0. The highest BCUT2D eigenvalue weighted by atomic mass is 32.2. The summed E-state index contributed by atoms with van der Waals surface area (Å²) in [6.07, 6.45) is 0. The molecule has 0 fully saturated rings. The molecule has 0 bridgehead atoms. The molecule has 20 heavy (non-hydrogen) atoms. The maximum absolute atomic E-state index is 13.9. The van der Waals surface area contributed by atoms with Crippen LogP contribution in [0.1, 0.15) is 27.0 Å². The van der Waals surface area contributed by atoms with E-state index in [4.69, 9.17) is 0 Å². The monoisotopic (exact) mass is 288 g/mol. The Morgan fingerprint density at radius 2 is 1.70 bits per heavy atom. The zero-order chi connectivity index (χ0) is 14.7. The molecule has 1 nitrogen and oxygen atoms in total. The first-order valence-electron chi connectivity index (χ1n) is 6.47. The summed E-state index contributed by atoms with van der Waals surface area (Å²) in [7, 11) is 0. The van der Waals surface area contributed by atoms with Gasteiger partial charge in [-0.1, -0.05) is 23.8 Å². The molecule has 2 rings (SSSR count). The van der Waals surface area contributed by atoms with E-state index in [9.17, 15) is 9.18 Å². The topological polar surface area (TPSA) is 17.1 Å². The molecule has 0 saturated carbocycles. The van der Waals surface area contributed by atoms with E-state index in [-0.39, 0.29) is 17.1 Å². The zero-order valence-corrected chi connectivity index (χ0v) is 12.7. The normalized spacial score (nSPS) is 10.6. The lowest BCUT2D eigenvalue weighted by Crippen LogP contribution is -2.08. The van der Waals surface area contributed by atoms with Gasteiger partial charge in [-0.15, -0.1) is 11.8 Å². The van der Waals surface area contributed by atoms with Crippen molar-refractivity contribution in [3.8, 4) is 0 Å². The molecule has 0 aliphatic carbocycles. The molecule has 0 unspecified atom stereocenters. The summed E-state index contributed by atoms with van der Waals surface area (Å²) < 4.78 is 13.9. The van der Waals surface area contributed by atoms with Crippen LogP contribution in [0.2, 0.25) is 0 Å². The molecule has 0 aliphatic rings. The van der Waals surface area contributed by atoms with Gasteiger partial charge in [0.2, 0.25) is 0 Å². The van der Waals surface area contributed by atoms with Gasteiger partial charge < -0.3 is 0 Å². The first-order chi connectivity index (χ1) is 9.47. The summed E-state index contributed by atoms with van der Waals surface area (Å²) in [4.78, 5) is 13.2. The molecule has 0 radical (unpaired) electrons. The Balaban J connectivity index is 2.11. The third kappa shape index (κ3) is 3.48. The van der Waals surface area contributed by atoms with Crippen LogP contribution >= 0.6 is 11.8 Å². The molecule has 104 valence electrons. The highest BCUT2D eigenvalue weighted by Crippen LogP contribution is 2.22. The van der Waals surface area contributed by atoms with E-state index in [2.05, 4.69) is 0 Å². The van der Waals surface area contributed by atoms with Crippen molar-refractivity contribution in [1.29, 1.82) is 0 Å². The van der Waals surface area contributed by atoms with Crippen LogP contribution in [0, 0.1) is 26.6 Å². The van der Waals surface area contributed by atoms with Crippen molar-refractivity contribution in [1.82, 2.24) is 0 Å². The average Bonchev–Trinajstić information content (AvgIpc) is 2.37. The minimum atomic E-state index is -0.419. The van der Waals surface area contributed by atoms with E-state index in [0.717, 1.165) is 10.5 Å². The van der Waals surface area contributed by atoms with Crippen LogP contribution in [0.5, 0.6) is 0 Å². The third-order valence-corrected chi connectivity index (χ3v) is 4.11. The van der Waals surface area contributed by atoms with Gasteiger partial charge in [-0.05, 0) is 50.1 Å². The molecular formula is C17H17FOS. The van der Waals surface area contributed by atoms with Crippen LogP contribution in [0.25, 0.3) is 0 Å². The van der Waals surface area contributed by atoms with Gasteiger partial charge in [0.1, 0.15) is 5.82 Å². The molecule has 0 spiro atoms. The van der Waals surface area contributed by atoms with Gasteiger partial charge in [-0.3, -0.25) is 4.79 Å². The van der Waals surface area contributed by atoms with E-state index in [1.807, 2.05) is 44.2 Å². The van der Waals surface area contributed by atoms with Crippen molar-refractivity contribution in [3.63, 3.8) is 0 Å². The summed E-state index contributed by atoms with van der Waals surface area (Å²) >= 11 is 1.44.